The third-order valence-electron chi connectivity index (χ3n) is 4.21. The number of aromatic nitrogens is 2. The molecule has 1 aromatic heterocycles. The fourth-order valence-electron chi connectivity index (χ4n) is 2.61. The summed E-state index contributed by atoms with van der Waals surface area (Å²) in [5.41, 5.74) is 1.22. The fourth-order valence-corrected chi connectivity index (χ4v) is 3.26. The Hall–Kier alpha value is -3.60. The van der Waals surface area contributed by atoms with E-state index in [4.69, 9.17) is 9.47 Å². The molecule has 31 heavy (non-hydrogen) atoms. The predicted molar refractivity (Wildman–Crippen MR) is 118 cm³/mol. The van der Waals surface area contributed by atoms with E-state index in [1.807, 2.05) is 0 Å². The number of sulfonamides is 1. The van der Waals surface area contributed by atoms with E-state index in [2.05, 4.69) is 25.3 Å². The molecule has 0 radical (unpaired) electrons. The number of ether oxygens (including phenoxy) is 2. The number of benzene rings is 2. The molecule has 3 N–H and O–H groups in total. The van der Waals surface area contributed by atoms with Gasteiger partial charge in [-0.1, -0.05) is 12.1 Å². The summed E-state index contributed by atoms with van der Waals surface area (Å²) in [7, 11) is -0.461. The van der Waals surface area contributed by atoms with Crippen LogP contribution in [0.25, 0.3) is 0 Å². The lowest BCUT2D eigenvalue weighted by Crippen LogP contribution is -2.15. The maximum absolute atomic E-state index is 14.4. The van der Waals surface area contributed by atoms with E-state index < -0.39 is 15.8 Å². The average molecular weight is 447 g/mol. The first-order chi connectivity index (χ1) is 14.8. The van der Waals surface area contributed by atoms with Crippen LogP contribution in [-0.2, 0) is 10.0 Å². The third-order valence-corrected chi connectivity index (χ3v) is 5.50. The zero-order valence-electron chi connectivity index (χ0n) is 17.1. The summed E-state index contributed by atoms with van der Waals surface area (Å²) in [6, 6.07) is 11.7. The summed E-state index contributed by atoms with van der Waals surface area (Å²) in [6.07, 6.45) is 1.01. The molecular weight excluding hydrogens is 425 g/mol. The molecule has 0 amide bonds. The molecule has 3 aromatic rings. The molecule has 0 saturated carbocycles. The van der Waals surface area contributed by atoms with Gasteiger partial charge in [0, 0.05) is 11.8 Å². The highest BCUT2D eigenvalue weighted by Gasteiger charge is 2.14. The molecule has 0 fully saturated rings. The van der Waals surface area contributed by atoms with E-state index in [1.165, 1.54) is 21.1 Å². The summed E-state index contributed by atoms with van der Waals surface area (Å²) in [6.45, 7) is 1.52. The van der Waals surface area contributed by atoms with Crippen molar-refractivity contribution in [2.45, 2.75) is 6.92 Å². The van der Waals surface area contributed by atoms with Crippen LogP contribution in [-0.4, -0.2) is 38.4 Å². The molecule has 0 aliphatic heterocycles. The van der Waals surface area contributed by atoms with Gasteiger partial charge in [0.15, 0.2) is 23.1 Å². The molecular formula is C20H22FN5O4S. The summed E-state index contributed by atoms with van der Waals surface area (Å²) < 4.78 is 51.1. The van der Waals surface area contributed by atoms with Crippen LogP contribution < -0.4 is 24.8 Å². The van der Waals surface area contributed by atoms with Gasteiger partial charge in [0.25, 0.3) is 0 Å². The molecule has 11 heteroatoms. The topological polar surface area (TPSA) is 114 Å². The van der Waals surface area contributed by atoms with Crippen molar-refractivity contribution in [1.29, 1.82) is 0 Å². The van der Waals surface area contributed by atoms with Gasteiger partial charge in [-0.15, -0.1) is 0 Å². The summed E-state index contributed by atoms with van der Waals surface area (Å²) >= 11 is 0. The van der Waals surface area contributed by atoms with Crippen LogP contribution in [0.3, 0.4) is 0 Å². The monoisotopic (exact) mass is 447 g/mol. The summed E-state index contributed by atoms with van der Waals surface area (Å²) in [5, 5.41) is 5.79. The number of methoxy groups -OCH3 is 2. The lowest BCUT2D eigenvalue weighted by atomic mass is 10.2. The molecule has 0 aliphatic rings. The van der Waals surface area contributed by atoms with Gasteiger partial charge in [-0.3, -0.25) is 4.72 Å². The molecule has 0 saturated heterocycles. The van der Waals surface area contributed by atoms with Crippen molar-refractivity contribution in [1.82, 2.24) is 9.97 Å². The third kappa shape index (κ3) is 5.51. The van der Waals surface area contributed by atoms with Gasteiger partial charge in [-0.05, 0) is 31.2 Å². The Kier molecular flexibility index (Phi) is 6.75. The minimum Gasteiger partial charge on any atom is -0.493 e. The van der Waals surface area contributed by atoms with Gasteiger partial charge in [0.2, 0.25) is 16.0 Å². The molecule has 3 rings (SSSR count). The van der Waals surface area contributed by atoms with E-state index in [-0.39, 0.29) is 23.2 Å². The fraction of sp³-hybridized carbons (Fsp3) is 0.200. The first kappa shape index (κ1) is 22.1. The zero-order chi connectivity index (χ0) is 22.4. The van der Waals surface area contributed by atoms with Gasteiger partial charge in [0.05, 0.1) is 37.5 Å². The van der Waals surface area contributed by atoms with E-state index >= 15 is 0 Å². The quantitative estimate of drug-likeness (QED) is 0.453. The Balaban J connectivity index is 1.86. The number of nitrogens with zero attached hydrogens (tertiary/aromatic N) is 2. The standard InChI is InChI=1S/C20H22FN5O4S/c1-4-31(27,28)26-16-8-6-5-7-15(16)24-19-14(21)12-22-20(25-19)23-13-9-10-17(29-2)18(11-13)30-3/h5-12,26H,4H2,1-3H3,(H2,22,23,24,25). The Morgan fingerprint density at radius 3 is 2.39 bits per heavy atom. The number of hydrogen-bond acceptors (Lipinski definition) is 8. The van der Waals surface area contributed by atoms with Gasteiger partial charge in [-0.2, -0.15) is 4.98 Å². The molecule has 0 bridgehead atoms. The second kappa shape index (κ2) is 9.47. The average Bonchev–Trinajstić information content (AvgIpc) is 2.77. The highest BCUT2D eigenvalue weighted by Crippen LogP contribution is 2.31. The molecule has 0 spiro atoms. The molecule has 2 aromatic carbocycles. The van der Waals surface area contributed by atoms with E-state index in [1.54, 1.807) is 42.5 Å². The number of anilines is 5. The Morgan fingerprint density at radius 2 is 1.71 bits per heavy atom. The number of hydrogen-bond donors (Lipinski definition) is 3. The lowest BCUT2D eigenvalue weighted by Gasteiger charge is -2.14. The van der Waals surface area contributed by atoms with Gasteiger partial charge >= 0.3 is 0 Å². The van der Waals surface area contributed by atoms with Crippen LogP contribution >= 0.6 is 0 Å². The maximum atomic E-state index is 14.4. The van der Waals surface area contributed by atoms with Crippen LogP contribution in [0.2, 0.25) is 0 Å². The predicted octanol–water partition coefficient (Wildman–Crippen LogP) is 3.88. The van der Waals surface area contributed by atoms with Crippen molar-refractivity contribution >= 4 is 38.9 Å². The lowest BCUT2D eigenvalue weighted by molar-refractivity contribution is 0.355. The first-order valence-corrected chi connectivity index (χ1v) is 10.9. The van der Waals surface area contributed by atoms with Crippen LogP contribution in [0.15, 0.2) is 48.7 Å². The van der Waals surface area contributed by atoms with Crippen molar-refractivity contribution in [2.24, 2.45) is 0 Å². The van der Waals surface area contributed by atoms with Crippen molar-refractivity contribution in [3.63, 3.8) is 0 Å². The highest BCUT2D eigenvalue weighted by atomic mass is 32.2. The van der Waals surface area contributed by atoms with Crippen LogP contribution in [0, 0.1) is 5.82 Å². The SMILES string of the molecule is CCS(=O)(=O)Nc1ccccc1Nc1nc(Nc2ccc(OC)c(OC)c2)ncc1F. The van der Waals surface area contributed by atoms with E-state index in [9.17, 15) is 12.8 Å². The maximum Gasteiger partial charge on any atom is 0.232 e. The number of halogens is 1. The minimum absolute atomic E-state index is 0.0946. The van der Waals surface area contributed by atoms with Gasteiger partial charge < -0.3 is 20.1 Å². The van der Waals surface area contributed by atoms with Crippen molar-refractivity contribution in [2.75, 3.05) is 35.3 Å². The normalized spacial score (nSPS) is 11.0. The second-order valence-electron chi connectivity index (χ2n) is 6.26. The molecule has 164 valence electrons. The van der Waals surface area contributed by atoms with Gasteiger partial charge in [0.1, 0.15) is 0 Å². The number of para-hydroxylation sites is 2. The summed E-state index contributed by atoms with van der Waals surface area (Å²) in [5.74, 6) is 0.268. The van der Waals surface area contributed by atoms with Gasteiger partial charge in [-0.25, -0.2) is 17.8 Å². The largest absolute Gasteiger partial charge is 0.493 e. The number of rotatable bonds is 9. The summed E-state index contributed by atoms with van der Waals surface area (Å²) in [4.78, 5) is 8.11. The second-order valence-corrected chi connectivity index (χ2v) is 8.27. The zero-order valence-corrected chi connectivity index (χ0v) is 18.0. The highest BCUT2D eigenvalue weighted by molar-refractivity contribution is 7.92. The Labute approximate surface area is 179 Å². The smallest absolute Gasteiger partial charge is 0.232 e. The molecule has 0 atom stereocenters. The first-order valence-electron chi connectivity index (χ1n) is 9.23. The minimum atomic E-state index is -3.51. The van der Waals surface area contributed by atoms with Crippen molar-refractivity contribution in [3.05, 3.63) is 54.5 Å². The number of nitrogens with one attached hydrogen (secondary N) is 3. The Bertz CT molecular complexity index is 1170. The van der Waals surface area contributed by atoms with Crippen molar-refractivity contribution in [3.8, 4) is 11.5 Å². The van der Waals surface area contributed by atoms with Crippen LogP contribution in [0.5, 0.6) is 11.5 Å². The van der Waals surface area contributed by atoms with Crippen molar-refractivity contribution < 1.29 is 22.3 Å². The van der Waals surface area contributed by atoms with E-state index in [0.717, 1.165) is 6.20 Å². The van der Waals surface area contributed by atoms with Crippen LogP contribution in [0.1, 0.15) is 6.92 Å². The molecule has 9 nitrogen and oxygen atoms in total. The molecule has 0 unspecified atom stereocenters. The Morgan fingerprint density at radius 1 is 1.00 bits per heavy atom. The molecule has 1 heterocycles. The van der Waals surface area contributed by atoms with E-state index in [0.29, 0.717) is 22.9 Å². The molecule has 0 aliphatic carbocycles. The van der Waals surface area contributed by atoms with Crippen LogP contribution in [0.4, 0.5) is 33.2 Å².